The Bertz CT molecular complexity index is 308. The van der Waals surface area contributed by atoms with E-state index >= 15 is 0 Å². The summed E-state index contributed by atoms with van der Waals surface area (Å²) < 4.78 is 0. The fraction of sp³-hybridized carbons (Fsp3) is 0.933. The Morgan fingerprint density at radius 1 is 1.28 bits per heavy atom. The van der Waals surface area contributed by atoms with E-state index in [2.05, 4.69) is 37.1 Å². The Morgan fingerprint density at radius 3 is 2.33 bits per heavy atom. The predicted octanol–water partition coefficient (Wildman–Crippen LogP) is 2.39. The molecule has 1 saturated carbocycles. The molecule has 2 aliphatic rings. The zero-order valence-electron chi connectivity index (χ0n) is 12.1. The van der Waals surface area contributed by atoms with E-state index in [4.69, 9.17) is 0 Å². The maximum absolute atomic E-state index is 9.39. The van der Waals surface area contributed by atoms with Crippen LogP contribution in [0.3, 0.4) is 0 Å². The van der Waals surface area contributed by atoms with Crippen molar-refractivity contribution in [2.24, 2.45) is 11.8 Å². The van der Waals surface area contributed by atoms with Crippen molar-refractivity contribution >= 4 is 0 Å². The minimum Gasteiger partial charge on any atom is -0.300 e. The topological polar surface area (TPSA) is 39.1 Å². The van der Waals surface area contributed by atoms with Gasteiger partial charge >= 0.3 is 0 Å². The first-order chi connectivity index (χ1) is 8.52. The minimum absolute atomic E-state index is 0.355. The van der Waals surface area contributed by atoms with Crippen LogP contribution >= 0.6 is 0 Å². The molecule has 3 heteroatoms. The second kappa shape index (κ2) is 5.59. The average Bonchev–Trinajstić information content (AvgIpc) is 3.13. The van der Waals surface area contributed by atoms with Gasteiger partial charge < -0.3 is 4.90 Å². The summed E-state index contributed by atoms with van der Waals surface area (Å²) in [5, 5.41) is 12.9. The molecule has 3 nitrogen and oxygen atoms in total. The van der Waals surface area contributed by atoms with Crippen molar-refractivity contribution in [2.45, 2.75) is 58.0 Å². The molecule has 102 valence electrons. The molecule has 1 saturated heterocycles. The number of nitrogens with zero attached hydrogens (tertiary/aromatic N) is 2. The van der Waals surface area contributed by atoms with Gasteiger partial charge in [0.15, 0.2) is 0 Å². The summed E-state index contributed by atoms with van der Waals surface area (Å²) in [6.07, 6.45) is 5.07. The molecule has 1 aliphatic heterocycles. The highest BCUT2D eigenvalue weighted by Gasteiger charge is 2.35. The zero-order chi connectivity index (χ0) is 13.2. The summed E-state index contributed by atoms with van der Waals surface area (Å²) in [6.45, 7) is 9.91. The molecule has 0 aromatic rings. The van der Waals surface area contributed by atoms with Gasteiger partial charge in [0.05, 0.1) is 6.07 Å². The molecule has 1 unspecified atom stereocenters. The van der Waals surface area contributed by atoms with Crippen LogP contribution in [-0.2, 0) is 0 Å². The first-order valence-corrected chi connectivity index (χ1v) is 7.44. The van der Waals surface area contributed by atoms with Gasteiger partial charge in [0.2, 0.25) is 0 Å². The number of rotatable bonds is 5. The van der Waals surface area contributed by atoms with Crippen molar-refractivity contribution in [3.63, 3.8) is 0 Å². The molecule has 1 heterocycles. The molecule has 1 N–H and O–H groups in total. The highest BCUT2D eigenvalue weighted by molar-refractivity contribution is 5.09. The Balaban J connectivity index is 1.80. The molecule has 1 atom stereocenters. The van der Waals surface area contributed by atoms with E-state index in [-0.39, 0.29) is 5.54 Å². The summed E-state index contributed by atoms with van der Waals surface area (Å²) in [6, 6.07) is 3.08. The van der Waals surface area contributed by atoms with Gasteiger partial charge in [0, 0.05) is 12.6 Å². The molecule has 0 aromatic heterocycles. The molecule has 2 fully saturated rings. The standard InChI is InChI=1S/C15H27N3/c1-12(2)13-6-8-18(9-7-13)11-15(3,10-16)17-14-4-5-14/h12-14,17H,4-9,11H2,1-3H3. The molecule has 0 spiro atoms. The van der Waals surface area contributed by atoms with Crippen LogP contribution in [0.2, 0.25) is 0 Å². The Labute approximate surface area is 112 Å². The van der Waals surface area contributed by atoms with Crippen LogP contribution in [0.15, 0.2) is 0 Å². The molecule has 18 heavy (non-hydrogen) atoms. The first kappa shape index (κ1) is 13.8. The SMILES string of the molecule is CC(C)C1CCN(CC(C)(C#N)NC2CC2)CC1. The molecular weight excluding hydrogens is 222 g/mol. The van der Waals surface area contributed by atoms with Gasteiger partial charge in [-0.1, -0.05) is 13.8 Å². The lowest BCUT2D eigenvalue weighted by Crippen LogP contribution is -2.53. The molecule has 0 radical (unpaired) electrons. The maximum atomic E-state index is 9.39. The third kappa shape index (κ3) is 3.70. The Hall–Kier alpha value is -0.590. The molecule has 0 amide bonds. The molecular formula is C15H27N3. The summed E-state index contributed by atoms with van der Waals surface area (Å²) >= 11 is 0. The Kier molecular flexibility index (Phi) is 4.29. The second-order valence-electron chi connectivity index (χ2n) is 6.72. The van der Waals surface area contributed by atoms with Crippen LogP contribution in [0.5, 0.6) is 0 Å². The van der Waals surface area contributed by atoms with Crippen LogP contribution in [0.1, 0.15) is 46.5 Å². The number of nitriles is 1. The van der Waals surface area contributed by atoms with Crippen molar-refractivity contribution in [1.29, 1.82) is 5.26 Å². The minimum atomic E-state index is -0.355. The molecule has 0 aromatic carbocycles. The summed E-state index contributed by atoms with van der Waals surface area (Å²) in [7, 11) is 0. The predicted molar refractivity (Wildman–Crippen MR) is 74.2 cm³/mol. The number of nitrogens with one attached hydrogen (secondary N) is 1. The van der Waals surface area contributed by atoms with Gasteiger partial charge in [-0.3, -0.25) is 5.32 Å². The monoisotopic (exact) mass is 249 g/mol. The first-order valence-electron chi connectivity index (χ1n) is 7.44. The van der Waals surface area contributed by atoms with Crippen LogP contribution in [-0.4, -0.2) is 36.1 Å². The summed E-state index contributed by atoms with van der Waals surface area (Å²) in [5.41, 5.74) is -0.355. The molecule has 0 bridgehead atoms. The van der Waals surface area contributed by atoms with Crippen molar-refractivity contribution in [1.82, 2.24) is 10.2 Å². The van der Waals surface area contributed by atoms with Gasteiger partial charge in [0.25, 0.3) is 0 Å². The quantitative estimate of drug-likeness (QED) is 0.813. The summed E-state index contributed by atoms with van der Waals surface area (Å²) in [4.78, 5) is 2.47. The zero-order valence-corrected chi connectivity index (χ0v) is 12.1. The van der Waals surface area contributed by atoms with Crippen molar-refractivity contribution in [3.05, 3.63) is 0 Å². The highest BCUT2D eigenvalue weighted by atomic mass is 15.2. The van der Waals surface area contributed by atoms with Gasteiger partial charge in [-0.2, -0.15) is 5.26 Å². The third-order valence-corrected chi connectivity index (χ3v) is 4.46. The van der Waals surface area contributed by atoms with E-state index in [9.17, 15) is 5.26 Å². The number of piperidine rings is 1. The number of hydrogen-bond acceptors (Lipinski definition) is 3. The van der Waals surface area contributed by atoms with Gasteiger partial charge in [-0.05, 0) is 57.5 Å². The van der Waals surface area contributed by atoms with Crippen molar-refractivity contribution in [3.8, 4) is 6.07 Å². The fourth-order valence-electron chi connectivity index (χ4n) is 3.02. The van der Waals surface area contributed by atoms with E-state index in [1.54, 1.807) is 0 Å². The Morgan fingerprint density at radius 2 is 1.89 bits per heavy atom. The highest BCUT2D eigenvalue weighted by Crippen LogP contribution is 2.26. The van der Waals surface area contributed by atoms with E-state index in [1.807, 2.05) is 0 Å². The van der Waals surface area contributed by atoms with E-state index in [1.165, 1.54) is 25.7 Å². The van der Waals surface area contributed by atoms with Gasteiger partial charge in [-0.15, -0.1) is 0 Å². The number of hydrogen-bond donors (Lipinski definition) is 1. The van der Waals surface area contributed by atoms with Crippen LogP contribution < -0.4 is 5.32 Å². The normalized spacial score (nSPS) is 25.9. The lowest BCUT2D eigenvalue weighted by Gasteiger charge is -2.37. The average molecular weight is 249 g/mol. The fourth-order valence-corrected chi connectivity index (χ4v) is 3.02. The number of likely N-dealkylation sites (tertiary alicyclic amines) is 1. The van der Waals surface area contributed by atoms with Crippen LogP contribution in [0.25, 0.3) is 0 Å². The summed E-state index contributed by atoms with van der Waals surface area (Å²) in [5.74, 6) is 1.69. The van der Waals surface area contributed by atoms with Crippen LogP contribution in [0.4, 0.5) is 0 Å². The van der Waals surface area contributed by atoms with E-state index < -0.39 is 0 Å². The largest absolute Gasteiger partial charge is 0.300 e. The van der Waals surface area contributed by atoms with Gasteiger partial charge in [0.1, 0.15) is 5.54 Å². The smallest absolute Gasteiger partial charge is 0.116 e. The van der Waals surface area contributed by atoms with Crippen molar-refractivity contribution in [2.75, 3.05) is 19.6 Å². The van der Waals surface area contributed by atoms with Gasteiger partial charge in [-0.25, -0.2) is 0 Å². The lowest BCUT2D eigenvalue weighted by molar-refractivity contribution is 0.135. The van der Waals surface area contributed by atoms with E-state index in [0.717, 1.165) is 31.5 Å². The maximum Gasteiger partial charge on any atom is 0.116 e. The third-order valence-electron chi connectivity index (χ3n) is 4.46. The molecule has 2 rings (SSSR count). The van der Waals surface area contributed by atoms with Crippen molar-refractivity contribution < 1.29 is 0 Å². The second-order valence-corrected chi connectivity index (χ2v) is 6.72. The lowest BCUT2D eigenvalue weighted by atomic mass is 9.86. The molecule has 1 aliphatic carbocycles. The van der Waals surface area contributed by atoms with Crippen LogP contribution in [0, 0.1) is 23.2 Å². The van der Waals surface area contributed by atoms with E-state index in [0.29, 0.717) is 6.04 Å².